The molecule has 0 aromatic heterocycles. The largest absolute Gasteiger partial charge is 0.480 e. The van der Waals surface area contributed by atoms with Crippen LogP contribution in [0.5, 0.6) is 0 Å². The van der Waals surface area contributed by atoms with E-state index in [-0.39, 0.29) is 5.91 Å². The minimum absolute atomic E-state index is 0.0392. The SMILES string of the molecule is CC(=O)N1CCC(C(=O)O)(N2CCN(C)CC2)CC1. The summed E-state index contributed by atoms with van der Waals surface area (Å²) in [6, 6.07) is 0. The van der Waals surface area contributed by atoms with Crippen LogP contribution < -0.4 is 0 Å². The van der Waals surface area contributed by atoms with Gasteiger partial charge in [-0.25, -0.2) is 0 Å². The average molecular weight is 269 g/mol. The fraction of sp³-hybridized carbons (Fsp3) is 0.846. The Balaban J connectivity index is 2.08. The van der Waals surface area contributed by atoms with Crippen molar-refractivity contribution in [2.75, 3.05) is 46.3 Å². The zero-order valence-corrected chi connectivity index (χ0v) is 11.8. The summed E-state index contributed by atoms with van der Waals surface area (Å²) in [6.07, 6.45) is 1.07. The second kappa shape index (κ2) is 5.46. The second-order valence-electron chi connectivity index (χ2n) is 5.63. The van der Waals surface area contributed by atoms with E-state index in [0.29, 0.717) is 25.9 Å². The molecule has 1 amide bonds. The Labute approximate surface area is 114 Å². The highest BCUT2D eigenvalue weighted by atomic mass is 16.4. The van der Waals surface area contributed by atoms with Crippen LogP contribution in [0.1, 0.15) is 19.8 Å². The number of aliphatic carboxylic acids is 1. The third-order valence-electron chi connectivity index (χ3n) is 4.54. The van der Waals surface area contributed by atoms with Gasteiger partial charge in [0.1, 0.15) is 5.54 Å². The summed E-state index contributed by atoms with van der Waals surface area (Å²) in [6.45, 7) is 6.05. The number of amides is 1. The molecule has 0 radical (unpaired) electrons. The van der Waals surface area contributed by atoms with Crippen LogP contribution in [-0.2, 0) is 9.59 Å². The third kappa shape index (κ3) is 2.74. The van der Waals surface area contributed by atoms with Gasteiger partial charge < -0.3 is 14.9 Å². The summed E-state index contributed by atoms with van der Waals surface area (Å²) in [4.78, 5) is 29.2. The van der Waals surface area contributed by atoms with Crippen molar-refractivity contribution in [3.8, 4) is 0 Å². The van der Waals surface area contributed by atoms with Gasteiger partial charge in [-0.3, -0.25) is 14.5 Å². The highest BCUT2D eigenvalue weighted by Crippen LogP contribution is 2.30. The van der Waals surface area contributed by atoms with E-state index in [1.807, 2.05) is 0 Å². The molecule has 108 valence electrons. The van der Waals surface area contributed by atoms with Crippen LogP contribution >= 0.6 is 0 Å². The van der Waals surface area contributed by atoms with Gasteiger partial charge in [0.05, 0.1) is 0 Å². The topological polar surface area (TPSA) is 64.1 Å². The molecular weight excluding hydrogens is 246 g/mol. The maximum absolute atomic E-state index is 11.8. The van der Waals surface area contributed by atoms with Gasteiger partial charge >= 0.3 is 5.97 Å². The molecule has 0 atom stereocenters. The Hall–Kier alpha value is -1.14. The molecule has 2 fully saturated rings. The van der Waals surface area contributed by atoms with Crippen molar-refractivity contribution >= 4 is 11.9 Å². The molecule has 2 aliphatic heterocycles. The molecule has 19 heavy (non-hydrogen) atoms. The van der Waals surface area contributed by atoms with Gasteiger partial charge in [0.2, 0.25) is 5.91 Å². The highest BCUT2D eigenvalue weighted by Gasteiger charge is 2.47. The molecule has 0 saturated carbocycles. The van der Waals surface area contributed by atoms with Gasteiger partial charge in [0, 0.05) is 46.2 Å². The van der Waals surface area contributed by atoms with Crippen LogP contribution in [-0.4, -0.2) is 83.5 Å². The molecule has 0 unspecified atom stereocenters. The van der Waals surface area contributed by atoms with Crippen molar-refractivity contribution < 1.29 is 14.7 Å². The van der Waals surface area contributed by atoms with Crippen molar-refractivity contribution in [3.63, 3.8) is 0 Å². The zero-order valence-electron chi connectivity index (χ0n) is 11.8. The van der Waals surface area contributed by atoms with E-state index >= 15 is 0 Å². The van der Waals surface area contributed by atoms with Gasteiger partial charge in [-0.2, -0.15) is 0 Å². The molecule has 2 heterocycles. The van der Waals surface area contributed by atoms with Gasteiger partial charge in [0.25, 0.3) is 0 Å². The molecule has 0 aliphatic carbocycles. The van der Waals surface area contributed by atoms with Crippen molar-refractivity contribution in [2.24, 2.45) is 0 Å². The van der Waals surface area contributed by atoms with Crippen molar-refractivity contribution in [3.05, 3.63) is 0 Å². The molecule has 1 N–H and O–H groups in total. The second-order valence-corrected chi connectivity index (χ2v) is 5.63. The summed E-state index contributed by atoms with van der Waals surface area (Å²) < 4.78 is 0. The minimum Gasteiger partial charge on any atom is -0.480 e. The first-order valence-electron chi connectivity index (χ1n) is 6.88. The molecule has 0 aromatic rings. The van der Waals surface area contributed by atoms with E-state index in [1.54, 1.807) is 11.8 Å². The zero-order chi connectivity index (χ0) is 14.0. The number of carboxylic acids is 1. The van der Waals surface area contributed by atoms with E-state index < -0.39 is 11.5 Å². The quantitative estimate of drug-likeness (QED) is 0.745. The third-order valence-corrected chi connectivity index (χ3v) is 4.54. The smallest absolute Gasteiger partial charge is 0.324 e. The molecule has 2 rings (SSSR count). The highest BCUT2D eigenvalue weighted by molar-refractivity contribution is 5.80. The van der Waals surface area contributed by atoms with E-state index in [2.05, 4.69) is 16.8 Å². The van der Waals surface area contributed by atoms with E-state index in [0.717, 1.165) is 26.2 Å². The van der Waals surface area contributed by atoms with Crippen LogP contribution in [0.25, 0.3) is 0 Å². The number of carbonyl (C=O) groups is 2. The van der Waals surface area contributed by atoms with Crippen LogP contribution in [0.15, 0.2) is 0 Å². The molecule has 0 bridgehead atoms. The van der Waals surface area contributed by atoms with E-state index in [1.165, 1.54) is 0 Å². The lowest BCUT2D eigenvalue weighted by molar-refractivity contribution is -0.159. The normalized spacial score (nSPS) is 25.3. The fourth-order valence-electron chi connectivity index (χ4n) is 3.09. The number of hydrogen-bond donors (Lipinski definition) is 1. The number of nitrogens with zero attached hydrogens (tertiary/aromatic N) is 3. The first kappa shape index (κ1) is 14.3. The summed E-state index contributed by atoms with van der Waals surface area (Å²) in [7, 11) is 2.06. The first-order chi connectivity index (χ1) is 8.95. The molecule has 0 aromatic carbocycles. The Morgan fingerprint density at radius 3 is 1.95 bits per heavy atom. The van der Waals surface area contributed by atoms with E-state index in [9.17, 15) is 14.7 Å². The maximum atomic E-state index is 11.8. The summed E-state index contributed by atoms with van der Waals surface area (Å²) in [5.74, 6) is -0.697. The molecule has 2 saturated heterocycles. The number of carboxylic acid groups (broad SMARTS) is 1. The number of carbonyl (C=O) groups excluding carboxylic acids is 1. The van der Waals surface area contributed by atoms with Crippen molar-refractivity contribution in [1.29, 1.82) is 0 Å². The number of piperidine rings is 1. The van der Waals surface area contributed by atoms with Gasteiger partial charge in [-0.1, -0.05) is 0 Å². The summed E-state index contributed by atoms with van der Waals surface area (Å²) >= 11 is 0. The van der Waals surface area contributed by atoms with E-state index in [4.69, 9.17) is 0 Å². The van der Waals surface area contributed by atoms with Crippen molar-refractivity contribution in [1.82, 2.24) is 14.7 Å². The van der Waals surface area contributed by atoms with Crippen LogP contribution in [0, 0.1) is 0 Å². The lowest BCUT2D eigenvalue weighted by Crippen LogP contribution is -2.64. The Kier molecular flexibility index (Phi) is 4.10. The van der Waals surface area contributed by atoms with Crippen LogP contribution in [0.2, 0.25) is 0 Å². The molecule has 0 spiro atoms. The van der Waals surface area contributed by atoms with Gasteiger partial charge in [0.15, 0.2) is 0 Å². The Morgan fingerprint density at radius 1 is 1.00 bits per heavy atom. The predicted molar refractivity (Wildman–Crippen MR) is 70.9 cm³/mol. The lowest BCUT2D eigenvalue weighted by Gasteiger charge is -2.48. The fourth-order valence-corrected chi connectivity index (χ4v) is 3.09. The number of piperazine rings is 1. The standard InChI is InChI=1S/C13H23N3O3/c1-11(17)15-5-3-13(4-6-15,12(18)19)16-9-7-14(2)8-10-16/h3-10H2,1-2H3,(H,18,19). The average Bonchev–Trinajstić information content (AvgIpc) is 2.39. The Morgan fingerprint density at radius 2 is 1.53 bits per heavy atom. The van der Waals surface area contributed by atoms with Gasteiger partial charge in [-0.15, -0.1) is 0 Å². The predicted octanol–water partition coefficient (Wildman–Crippen LogP) is -0.300. The molecular formula is C13H23N3O3. The summed E-state index contributed by atoms with van der Waals surface area (Å²) in [5, 5.41) is 9.67. The molecule has 6 heteroatoms. The van der Waals surface area contributed by atoms with Crippen LogP contribution in [0.3, 0.4) is 0 Å². The Bertz CT molecular complexity index is 356. The summed E-state index contributed by atoms with van der Waals surface area (Å²) in [5.41, 5.74) is -0.771. The van der Waals surface area contributed by atoms with Gasteiger partial charge in [-0.05, 0) is 19.9 Å². The van der Waals surface area contributed by atoms with Crippen LogP contribution in [0.4, 0.5) is 0 Å². The maximum Gasteiger partial charge on any atom is 0.324 e. The minimum atomic E-state index is -0.771. The first-order valence-corrected chi connectivity index (χ1v) is 6.88. The molecule has 2 aliphatic rings. The number of likely N-dealkylation sites (tertiary alicyclic amines) is 1. The number of hydrogen-bond acceptors (Lipinski definition) is 4. The molecule has 6 nitrogen and oxygen atoms in total. The van der Waals surface area contributed by atoms with Crippen molar-refractivity contribution in [2.45, 2.75) is 25.3 Å². The lowest BCUT2D eigenvalue weighted by atomic mass is 9.85. The number of rotatable bonds is 2. The number of likely N-dealkylation sites (N-methyl/N-ethyl adjacent to an activating group) is 1. The monoisotopic (exact) mass is 269 g/mol.